The van der Waals surface area contributed by atoms with E-state index in [1.54, 1.807) is 18.2 Å². The van der Waals surface area contributed by atoms with Gasteiger partial charge < -0.3 is 14.0 Å². The van der Waals surface area contributed by atoms with Crippen molar-refractivity contribution in [1.82, 2.24) is 25.8 Å². The normalized spacial score (nSPS) is 10.5. The van der Waals surface area contributed by atoms with Crippen LogP contribution in [0.4, 0.5) is 5.95 Å². The maximum Gasteiger partial charge on any atom is 0.280 e. The van der Waals surface area contributed by atoms with Crippen molar-refractivity contribution < 1.29 is 18.8 Å². The fourth-order valence-corrected chi connectivity index (χ4v) is 2.10. The lowest BCUT2D eigenvalue weighted by atomic mass is 10.1. The number of hydrogen-bond donors (Lipinski definition) is 2. The highest BCUT2D eigenvalue weighted by Gasteiger charge is 2.17. The van der Waals surface area contributed by atoms with Crippen molar-refractivity contribution in [1.29, 1.82) is 0 Å². The van der Waals surface area contributed by atoms with E-state index in [4.69, 9.17) is 14.0 Å². The molecule has 3 aromatic rings. The third-order valence-corrected chi connectivity index (χ3v) is 3.14. The molecule has 0 bridgehead atoms. The van der Waals surface area contributed by atoms with E-state index in [2.05, 4.69) is 31.1 Å². The number of amides is 1. The molecule has 25 heavy (non-hydrogen) atoms. The summed E-state index contributed by atoms with van der Waals surface area (Å²) in [5.41, 5.74) is 0.796. The number of ether oxygens (including phenoxy) is 2. The number of nitrogens with zero attached hydrogens (tertiary/aromatic N) is 4. The van der Waals surface area contributed by atoms with E-state index in [1.165, 1.54) is 6.07 Å². The molecule has 130 valence electrons. The number of carbonyl (C=O) groups is 1. The Morgan fingerprint density at radius 1 is 1.20 bits per heavy atom. The zero-order valence-corrected chi connectivity index (χ0v) is 13.6. The van der Waals surface area contributed by atoms with Gasteiger partial charge in [-0.15, -0.1) is 5.10 Å². The minimum absolute atomic E-state index is 0.0502. The van der Waals surface area contributed by atoms with Gasteiger partial charge in [0.05, 0.1) is 13.2 Å². The molecule has 1 aromatic carbocycles. The Morgan fingerprint density at radius 2 is 2.00 bits per heavy atom. The number of anilines is 1. The van der Waals surface area contributed by atoms with Gasteiger partial charge in [-0.2, -0.15) is 5.21 Å². The van der Waals surface area contributed by atoms with Gasteiger partial charge in [0.25, 0.3) is 11.9 Å². The highest BCUT2D eigenvalue weighted by molar-refractivity contribution is 6.02. The number of hydrogen-bond acceptors (Lipinski definition) is 8. The third kappa shape index (κ3) is 3.74. The summed E-state index contributed by atoms with van der Waals surface area (Å²) in [6.07, 6.45) is 0. The lowest BCUT2D eigenvalue weighted by Crippen LogP contribution is -2.13. The van der Waals surface area contributed by atoms with Gasteiger partial charge in [-0.3, -0.25) is 10.1 Å². The van der Waals surface area contributed by atoms with Crippen LogP contribution in [0.1, 0.15) is 24.3 Å². The second-order valence-electron chi connectivity index (χ2n) is 4.79. The van der Waals surface area contributed by atoms with Gasteiger partial charge in [0.15, 0.2) is 23.0 Å². The summed E-state index contributed by atoms with van der Waals surface area (Å²) in [6.45, 7) is 4.81. The molecule has 0 atom stereocenters. The van der Waals surface area contributed by atoms with Crippen molar-refractivity contribution in [3.05, 3.63) is 30.0 Å². The molecule has 10 nitrogen and oxygen atoms in total. The van der Waals surface area contributed by atoms with Crippen LogP contribution in [0.5, 0.6) is 11.5 Å². The van der Waals surface area contributed by atoms with Crippen LogP contribution in [0.3, 0.4) is 0 Å². The van der Waals surface area contributed by atoms with Gasteiger partial charge in [-0.1, -0.05) is 10.3 Å². The first-order valence-electron chi connectivity index (χ1n) is 7.62. The molecule has 0 radical (unpaired) electrons. The standard InChI is InChI=1S/C15H16N6O4/c1-3-23-11-6-5-9(7-13(11)24-4-2)12-8-10(19-25-12)14(22)16-15-17-20-21-18-15/h5-8H,3-4H2,1-2H3,(H2,16,17,18,20,21,22). The Bertz CT molecular complexity index is 846. The summed E-state index contributed by atoms with van der Waals surface area (Å²) in [4.78, 5) is 12.1. The predicted molar refractivity (Wildman–Crippen MR) is 86.4 cm³/mol. The first kappa shape index (κ1) is 16.4. The van der Waals surface area contributed by atoms with Gasteiger partial charge in [-0.05, 0) is 37.3 Å². The highest BCUT2D eigenvalue weighted by Crippen LogP contribution is 2.33. The number of rotatable bonds is 7. The monoisotopic (exact) mass is 344 g/mol. The first-order valence-corrected chi connectivity index (χ1v) is 7.62. The third-order valence-electron chi connectivity index (χ3n) is 3.14. The van der Waals surface area contributed by atoms with Crippen molar-refractivity contribution in [2.45, 2.75) is 13.8 Å². The number of tetrazole rings is 1. The minimum atomic E-state index is -0.507. The Balaban J connectivity index is 1.81. The zero-order chi connectivity index (χ0) is 17.6. The van der Waals surface area contributed by atoms with Gasteiger partial charge in [0.1, 0.15) is 0 Å². The van der Waals surface area contributed by atoms with Crippen LogP contribution in [0, 0.1) is 0 Å². The molecule has 0 spiro atoms. The van der Waals surface area contributed by atoms with E-state index < -0.39 is 5.91 Å². The van der Waals surface area contributed by atoms with Crippen LogP contribution >= 0.6 is 0 Å². The van der Waals surface area contributed by atoms with Gasteiger partial charge >= 0.3 is 0 Å². The van der Waals surface area contributed by atoms with Crippen molar-refractivity contribution in [3.8, 4) is 22.8 Å². The van der Waals surface area contributed by atoms with Crippen molar-refractivity contribution >= 4 is 11.9 Å². The number of aromatic amines is 1. The molecule has 0 fully saturated rings. The Labute approximate surface area is 142 Å². The largest absolute Gasteiger partial charge is 0.490 e. The molecule has 0 unspecified atom stereocenters. The smallest absolute Gasteiger partial charge is 0.280 e. The number of H-pyrrole nitrogens is 1. The molecule has 2 aromatic heterocycles. The molecule has 1 amide bonds. The number of carbonyl (C=O) groups excluding carboxylic acids is 1. The second-order valence-corrected chi connectivity index (χ2v) is 4.79. The SMILES string of the molecule is CCOc1ccc(-c2cc(C(=O)Nc3nn[nH]n3)no2)cc1OCC. The molecule has 0 aliphatic heterocycles. The van der Waals surface area contributed by atoms with E-state index >= 15 is 0 Å². The molecule has 10 heteroatoms. The lowest BCUT2D eigenvalue weighted by molar-refractivity contribution is 0.101. The minimum Gasteiger partial charge on any atom is -0.490 e. The lowest BCUT2D eigenvalue weighted by Gasteiger charge is -2.11. The van der Waals surface area contributed by atoms with Crippen molar-refractivity contribution in [2.75, 3.05) is 18.5 Å². The van der Waals surface area contributed by atoms with Crippen LogP contribution in [0.25, 0.3) is 11.3 Å². The van der Waals surface area contributed by atoms with E-state index in [1.807, 2.05) is 13.8 Å². The molecule has 0 saturated carbocycles. The van der Waals surface area contributed by atoms with Crippen LogP contribution < -0.4 is 14.8 Å². The summed E-state index contributed by atoms with van der Waals surface area (Å²) < 4.78 is 16.4. The molecule has 3 rings (SSSR count). The molecule has 0 saturated heterocycles. The maximum atomic E-state index is 12.1. The summed E-state index contributed by atoms with van der Waals surface area (Å²) in [5, 5.41) is 19.1. The molecule has 0 aliphatic rings. The van der Waals surface area contributed by atoms with Crippen LogP contribution in [-0.4, -0.2) is 44.9 Å². The average Bonchev–Trinajstić information content (AvgIpc) is 3.28. The van der Waals surface area contributed by atoms with E-state index in [0.29, 0.717) is 36.0 Å². The average molecular weight is 344 g/mol. The molecule has 0 aliphatic carbocycles. The summed E-state index contributed by atoms with van der Waals surface area (Å²) in [6, 6.07) is 6.87. The van der Waals surface area contributed by atoms with Crippen molar-refractivity contribution in [3.63, 3.8) is 0 Å². The van der Waals surface area contributed by atoms with Crippen LogP contribution in [0.15, 0.2) is 28.8 Å². The molecule has 2 N–H and O–H groups in total. The predicted octanol–water partition coefficient (Wildman–Crippen LogP) is 1.90. The molecule has 2 heterocycles. The Morgan fingerprint density at radius 3 is 2.72 bits per heavy atom. The van der Waals surface area contributed by atoms with Gasteiger partial charge in [-0.25, -0.2) is 0 Å². The second kappa shape index (κ2) is 7.43. The maximum absolute atomic E-state index is 12.1. The van der Waals surface area contributed by atoms with E-state index in [9.17, 15) is 4.79 Å². The first-order chi connectivity index (χ1) is 12.2. The van der Waals surface area contributed by atoms with E-state index in [0.717, 1.165) is 0 Å². The van der Waals surface area contributed by atoms with E-state index in [-0.39, 0.29) is 11.6 Å². The van der Waals surface area contributed by atoms with Crippen molar-refractivity contribution in [2.24, 2.45) is 0 Å². The van der Waals surface area contributed by atoms with Gasteiger partial charge in [0, 0.05) is 11.6 Å². The number of benzene rings is 1. The Kier molecular flexibility index (Phi) is 4.88. The Hall–Kier alpha value is -3.43. The van der Waals surface area contributed by atoms with Crippen LogP contribution in [0.2, 0.25) is 0 Å². The summed E-state index contributed by atoms with van der Waals surface area (Å²) in [5.74, 6) is 1.20. The number of aromatic nitrogens is 5. The molecular weight excluding hydrogens is 328 g/mol. The summed E-state index contributed by atoms with van der Waals surface area (Å²) >= 11 is 0. The molecular formula is C15H16N6O4. The quantitative estimate of drug-likeness (QED) is 0.665. The fraction of sp³-hybridized carbons (Fsp3) is 0.267. The van der Waals surface area contributed by atoms with Gasteiger partial charge in [0.2, 0.25) is 0 Å². The number of nitrogens with one attached hydrogen (secondary N) is 2. The summed E-state index contributed by atoms with van der Waals surface area (Å²) in [7, 11) is 0. The zero-order valence-electron chi connectivity index (χ0n) is 13.6. The topological polar surface area (TPSA) is 128 Å². The fourth-order valence-electron chi connectivity index (χ4n) is 2.10. The van der Waals surface area contributed by atoms with Crippen LogP contribution in [-0.2, 0) is 0 Å². The highest BCUT2D eigenvalue weighted by atomic mass is 16.5.